The Labute approximate surface area is 122 Å². The zero-order valence-electron chi connectivity index (χ0n) is 12.4. The highest BCUT2D eigenvalue weighted by Gasteiger charge is 2.27. The fourth-order valence-corrected chi connectivity index (χ4v) is 3.32. The molecular formula is C19H23N. The average Bonchev–Trinajstić information content (AvgIpc) is 2.48. The summed E-state index contributed by atoms with van der Waals surface area (Å²) in [6, 6.07) is 18.1. The van der Waals surface area contributed by atoms with E-state index < -0.39 is 0 Å². The minimum atomic E-state index is 0.589. The van der Waals surface area contributed by atoms with Crippen molar-refractivity contribution in [1.29, 1.82) is 0 Å². The number of rotatable bonds is 2. The standard InChI is InChI=1S/C19H23N/c1-14-6-8-16(9-7-14)18-10-11-20-13-19(18)17-5-3-4-15(2)12-17/h3-9,12,18-20H,10-11,13H2,1-2H3. The van der Waals surface area contributed by atoms with E-state index in [1.54, 1.807) is 0 Å². The van der Waals surface area contributed by atoms with Crippen LogP contribution in [0.4, 0.5) is 0 Å². The van der Waals surface area contributed by atoms with Crippen LogP contribution in [0.3, 0.4) is 0 Å². The van der Waals surface area contributed by atoms with Gasteiger partial charge in [-0.05, 0) is 43.9 Å². The topological polar surface area (TPSA) is 12.0 Å². The van der Waals surface area contributed by atoms with Gasteiger partial charge in [0.15, 0.2) is 0 Å². The van der Waals surface area contributed by atoms with Crippen LogP contribution < -0.4 is 5.32 Å². The maximum atomic E-state index is 3.56. The van der Waals surface area contributed by atoms with Crippen molar-refractivity contribution in [2.24, 2.45) is 0 Å². The Morgan fingerprint density at radius 1 is 0.850 bits per heavy atom. The highest BCUT2D eigenvalue weighted by molar-refractivity contribution is 5.33. The molecule has 1 nitrogen and oxygen atoms in total. The average molecular weight is 265 g/mol. The molecule has 0 aromatic heterocycles. The van der Waals surface area contributed by atoms with Gasteiger partial charge < -0.3 is 5.32 Å². The first-order valence-electron chi connectivity index (χ1n) is 7.58. The molecule has 1 aliphatic rings. The third-order valence-electron chi connectivity index (χ3n) is 4.46. The highest BCUT2D eigenvalue weighted by Crippen LogP contribution is 2.37. The molecule has 0 spiro atoms. The second kappa shape index (κ2) is 5.80. The number of hydrogen-bond donors (Lipinski definition) is 1. The van der Waals surface area contributed by atoms with Crippen molar-refractivity contribution in [2.75, 3.05) is 13.1 Å². The van der Waals surface area contributed by atoms with Crippen LogP contribution in [-0.4, -0.2) is 13.1 Å². The van der Waals surface area contributed by atoms with Crippen molar-refractivity contribution < 1.29 is 0 Å². The number of nitrogens with one attached hydrogen (secondary N) is 1. The Morgan fingerprint density at radius 3 is 2.40 bits per heavy atom. The van der Waals surface area contributed by atoms with Gasteiger partial charge in [0, 0.05) is 12.5 Å². The van der Waals surface area contributed by atoms with E-state index in [4.69, 9.17) is 0 Å². The third kappa shape index (κ3) is 2.78. The van der Waals surface area contributed by atoms with E-state index in [0.29, 0.717) is 11.8 Å². The molecule has 0 bridgehead atoms. The van der Waals surface area contributed by atoms with E-state index in [1.807, 2.05) is 0 Å². The van der Waals surface area contributed by atoms with E-state index >= 15 is 0 Å². The molecule has 2 aromatic rings. The van der Waals surface area contributed by atoms with Gasteiger partial charge in [-0.25, -0.2) is 0 Å². The molecule has 2 atom stereocenters. The molecule has 0 saturated carbocycles. The van der Waals surface area contributed by atoms with Crippen LogP contribution in [0.2, 0.25) is 0 Å². The summed E-state index contributed by atoms with van der Waals surface area (Å²) in [6.07, 6.45) is 1.22. The predicted molar refractivity (Wildman–Crippen MR) is 85.3 cm³/mol. The van der Waals surface area contributed by atoms with E-state index in [2.05, 4.69) is 67.7 Å². The predicted octanol–water partition coefficient (Wildman–Crippen LogP) is 4.16. The van der Waals surface area contributed by atoms with Crippen molar-refractivity contribution in [2.45, 2.75) is 32.1 Å². The summed E-state index contributed by atoms with van der Waals surface area (Å²) < 4.78 is 0. The molecule has 104 valence electrons. The number of aryl methyl sites for hydroxylation is 2. The monoisotopic (exact) mass is 265 g/mol. The fraction of sp³-hybridized carbons (Fsp3) is 0.368. The minimum Gasteiger partial charge on any atom is -0.316 e. The van der Waals surface area contributed by atoms with Gasteiger partial charge in [0.05, 0.1) is 0 Å². The summed E-state index contributed by atoms with van der Waals surface area (Å²) in [5, 5.41) is 3.56. The lowest BCUT2D eigenvalue weighted by Gasteiger charge is -2.33. The largest absolute Gasteiger partial charge is 0.316 e. The van der Waals surface area contributed by atoms with Gasteiger partial charge in [-0.2, -0.15) is 0 Å². The van der Waals surface area contributed by atoms with Gasteiger partial charge in [0.1, 0.15) is 0 Å². The Bertz CT molecular complexity index is 571. The molecule has 1 heterocycles. The molecule has 1 N–H and O–H groups in total. The Hall–Kier alpha value is -1.60. The van der Waals surface area contributed by atoms with Gasteiger partial charge in [-0.3, -0.25) is 0 Å². The SMILES string of the molecule is Cc1ccc(C2CCNCC2c2cccc(C)c2)cc1. The van der Waals surface area contributed by atoms with Gasteiger partial charge in [0.25, 0.3) is 0 Å². The highest BCUT2D eigenvalue weighted by atomic mass is 14.9. The summed E-state index contributed by atoms with van der Waals surface area (Å²) in [7, 11) is 0. The van der Waals surface area contributed by atoms with Crippen molar-refractivity contribution in [1.82, 2.24) is 5.32 Å². The zero-order chi connectivity index (χ0) is 13.9. The second-order valence-electron chi connectivity index (χ2n) is 6.03. The van der Waals surface area contributed by atoms with Crippen molar-refractivity contribution in [3.8, 4) is 0 Å². The van der Waals surface area contributed by atoms with E-state index in [-0.39, 0.29) is 0 Å². The molecule has 1 heteroatoms. The normalized spacial score (nSPS) is 22.7. The summed E-state index contributed by atoms with van der Waals surface area (Å²) in [5.74, 6) is 1.23. The summed E-state index contributed by atoms with van der Waals surface area (Å²) in [6.45, 7) is 6.55. The fourth-order valence-electron chi connectivity index (χ4n) is 3.32. The lowest BCUT2D eigenvalue weighted by Crippen LogP contribution is -2.34. The summed E-state index contributed by atoms with van der Waals surface area (Å²) >= 11 is 0. The molecule has 1 fully saturated rings. The number of benzene rings is 2. The maximum absolute atomic E-state index is 3.56. The summed E-state index contributed by atoms with van der Waals surface area (Å²) in [5.41, 5.74) is 5.66. The molecule has 0 amide bonds. The van der Waals surface area contributed by atoms with Crippen LogP contribution in [0.5, 0.6) is 0 Å². The quantitative estimate of drug-likeness (QED) is 0.859. The molecular weight excluding hydrogens is 242 g/mol. The lowest BCUT2D eigenvalue weighted by atomic mass is 9.77. The Morgan fingerprint density at radius 2 is 1.65 bits per heavy atom. The van der Waals surface area contributed by atoms with Crippen LogP contribution in [0, 0.1) is 13.8 Å². The van der Waals surface area contributed by atoms with E-state index in [9.17, 15) is 0 Å². The molecule has 0 radical (unpaired) electrons. The van der Waals surface area contributed by atoms with Crippen LogP contribution in [0.15, 0.2) is 48.5 Å². The Balaban J connectivity index is 1.93. The summed E-state index contributed by atoms with van der Waals surface area (Å²) in [4.78, 5) is 0. The molecule has 2 aromatic carbocycles. The van der Waals surface area contributed by atoms with Crippen molar-refractivity contribution >= 4 is 0 Å². The first-order chi connectivity index (χ1) is 9.74. The zero-order valence-corrected chi connectivity index (χ0v) is 12.4. The lowest BCUT2D eigenvalue weighted by molar-refractivity contribution is 0.404. The van der Waals surface area contributed by atoms with Gasteiger partial charge in [-0.1, -0.05) is 59.7 Å². The molecule has 20 heavy (non-hydrogen) atoms. The molecule has 1 saturated heterocycles. The van der Waals surface area contributed by atoms with Crippen LogP contribution >= 0.6 is 0 Å². The van der Waals surface area contributed by atoms with Gasteiger partial charge >= 0.3 is 0 Å². The Kier molecular flexibility index (Phi) is 3.88. The molecule has 3 rings (SSSR count). The molecule has 2 unspecified atom stereocenters. The van der Waals surface area contributed by atoms with Crippen LogP contribution in [-0.2, 0) is 0 Å². The second-order valence-corrected chi connectivity index (χ2v) is 6.03. The number of hydrogen-bond acceptors (Lipinski definition) is 1. The van der Waals surface area contributed by atoms with Crippen LogP contribution in [0.25, 0.3) is 0 Å². The van der Waals surface area contributed by atoms with Crippen molar-refractivity contribution in [3.05, 3.63) is 70.8 Å². The first kappa shape index (κ1) is 13.4. The van der Waals surface area contributed by atoms with Crippen LogP contribution in [0.1, 0.15) is 40.5 Å². The smallest absolute Gasteiger partial charge is 0.00327 e. The van der Waals surface area contributed by atoms with Crippen molar-refractivity contribution in [3.63, 3.8) is 0 Å². The minimum absolute atomic E-state index is 0.589. The third-order valence-corrected chi connectivity index (χ3v) is 4.46. The van der Waals surface area contributed by atoms with Gasteiger partial charge in [-0.15, -0.1) is 0 Å². The van der Waals surface area contributed by atoms with E-state index in [1.165, 1.54) is 28.7 Å². The molecule has 0 aliphatic carbocycles. The maximum Gasteiger partial charge on any atom is 0.00327 e. The van der Waals surface area contributed by atoms with Gasteiger partial charge in [0.2, 0.25) is 0 Å². The number of piperidine rings is 1. The molecule has 1 aliphatic heterocycles. The first-order valence-corrected chi connectivity index (χ1v) is 7.58. The van der Waals surface area contributed by atoms with E-state index in [0.717, 1.165) is 13.1 Å².